The average molecular weight is 345 g/mol. The first kappa shape index (κ1) is 17.4. The molecule has 2 unspecified atom stereocenters. The zero-order valence-corrected chi connectivity index (χ0v) is 14.3. The van der Waals surface area contributed by atoms with Crippen molar-refractivity contribution in [2.24, 2.45) is 0 Å². The Morgan fingerprint density at radius 1 is 1.12 bits per heavy atom. The second kappa shape index (κ2) is 7.65. The number of esters is 1. The topological polar surface area (TPSA) is 79.0 Å². The van der Waals surface area contributed by atoms with Crippen LogP contribution < -0.4 is 5.32 Å². The predicted octanol–water partition coefficient (Wildman–Crippen LogP) is 0.960. The van der Waals surface area contributed by atoms with Crippen molar-refractivity contribution in [2.75, 3.05) is 20.2 Å². The van der Waals surface area contributed by atoms with Gasteiger partial charge in [0.05, 0.1) is 7.11 Å². The molecule has 25 heavy (non-hydrogen) atoms. The molecule has 7 heteroatoms. The van der Waals surface area contributed by atoms with Gasteiger partial charge in [0.1, 0.15) is 12.1 Å². The number of methoxy groups -OCH3 is 1. The number of hydrogen-bond donors (Lipinski definition) is 1. The van der Waals surface area contributed by atoms with Crippen LogP contribution in [0.15, 0.2) is 30.3 Å². The molecule has 0 spiro atoms. The Morgan fingerprint density at radius 2 is 1.80 bits per heavy atom. The quantitative estimate of drug-likeness (QED) is 0.826. The fraction of sp³-hybridized carbons (Fsp3) is 0.500. The van der Waals surface area contributed by atoms with Gasteiger partial charge in [-0.3, -0.25) is 14.6 Å². The summed E-state index contributed by atoms with van der Waals surface area (Å²) in [4.78, 5) is 37.6. The monoisotopic (exact) mass is 345 g/mol. The van der Waals surface area contributed by atoms with E-state index in [0.717, 1.165) is 19.4 Å². The van der Waals surface area contributed by atoms with Gasteiger partial charge in [-0.1, -0.05) is 18.2 Å². The smallest absolute Gasteiger partial charge is 0.330 e. The molecule has 1 aromatic rings. The molecule has 2 aliphatic rings. The molecule has 2 fully saturated rings. The van der Waals surface area contributed by atoms with E-state index in [0.29, 0.717) is 24.9 Å². The highest BCUT2D eigenvalue weighted by atomic mass is 16.5. The van der Waals surface area contributed by atoms with Crippen molar-refractivity contribution in [2.45, 2.75) is 37.8 Å². The van der Waals surface area contributed by atoms with Crippen LogP contribution in [-0.4, -0.2) is 60.1 Å². The number of fused-ring (bicyclic) bond motifs is 1. The third kappa shape index (κ3) is 3.66. The van der Waals surface area contributed by atoms with E-state index >= 15 is 0 Å². The Hall–Kier alpha value is -2.41. The molecule has 2 amide bonds. The van der Waals surface area contributed by atoms with Crippen LogP contribution >= 0.6 is 0 Å². The molecule has 0 bridgehead atoms. The summed E-state index contributed by atoms with van der Waals surface area (Å²) in [5.74, 6) is -0.927. The van der Waals surface area contributed by atoms with Crippen LogP contribution in [0.2, 0.25) is 0 Å². The predicted molar refractivity (Wildman–Crippen MR) is 90.4 cm³/mol. The van der Waals surface area contributed by atoms with E-state index in [2.05, 4.69) is 5.32 Å². The highest BCUT2D eigenvalue weighted by Gasteiger charge is 2.42. The van der Waals surface area contributed by atoms with Crippen LogP contribution in [0.4, 0.5) is 0 Å². The molecule has 0 radical (unpaired) electrons. The van der Waals surface area contributed by atoms with Gasteiger partial charge in [0.15, 0.2) is 0 Å². The lowest BCUT2D eigenvalue weighted by Crippen LogP contribution is -2.61. The van der Waals surface area contributed by atoms with Crippen LogP contribution in [-0.2, 0) is 14.3 Å². The zero-order valence-electron chi connectivity index (χ0n) is 14.3. The Balaban J connectivity index is 1.78. The number of hydrogen-bond acceptors (Lipinski definition) is 5. The van der Waals surface area contributed by atoms with Gasteiger partial charge in [-0.2, -0.15) is 0 Å². The molecule has 7 nitrogen and oxygen atoms in total. The Kier molecular flexibility index (Phi) is 5.33. The van der Waals surface area contributed by atoms with Crippen LogP contribution in [0.5, 0.6) is 0 Å². The van der Waals surface area contributed by atoms with Crippen molar-refractivity contribution >= 4 is 17.8 Å². The maximum absolute atomic E-state index is 13.0. The molecular formula is C18H23N3O4. The van der Waals surface area contributed by atoms with Crippen molar-refractivity contribution in [3.63, 3.8) is 0 Å². The first-order chi connectivity index (χ1) is 12.1. The SMILES string of the molecule is COC(=O)C1CCCN2CCCC(NC(=O)c3ccccc3)C(=O)N12. The molecule has 0 aromatic heterocycles. The van der Waals surface area contributed by atoms with E-state index in [1.807, 2.05) is 11.1 Å². The van der Waals surface area contributed by atoms with Crippen molar-refractivity contribution < 1.29 is 19.1 Å². The van der Waals surface area contributed by atoms with Crippen molar-refractivity contribution in [1.29, 1.82) is 0 Å². The lowest BCUT2D eigenvalue weighted by Gasteiger charge is -2.42. The number of amides is 2. The van der Waals surface area contributed by atoms with Gasteiger partial charge in [0, 0.05) is 18.7 Å². The third-order valence-corrected chi connectivity index (χ3v) is 4.74. The number of benzene rings is 1. The van der Waals surface area contributed by atoms with E-state index in [1.54, 1.807) is 24.3 Å². The molecule has 3 rings (SSSR count). The number of hydrazine groups is 1. The number of nitrogens with one attached hydrogen (secondary N) is 1. The lowest BCUT2D eigenvalue weighted by molar-refractivity contribution is -0.175. The minimum Gasteiger partial charge on any atom is -0.467 e. The van der Waals surface area contributed by atoms with Gasteiger partial charge in [-0.15, -0.1) is 0 Å². The molecule has 1 N–H and O–H groups in total. The highest BCUT2D eigenvalue weighted by molar-refractivity contribution is 5.98. The van der Waals surface area contributed by atoms with Gasteiger partial charge < -0.3 is 10.1 Å². The van der Waals surface area contributed by atoms with Crippen LogP contribution in [0, 0.1) is 0 Å². The highest BCUT2D eigenvalue weighted by Crippen LogP contribution is 2.24. The largest absolute Gasteiger partial charge is 0.467 e. The number of ether oxygens (including phenoxy) is 1. The molecule has 0 saturated carbocycles. The molecule has 2 atom stereocenters. The fourth-order valence-electron chi connectivity index (χ4n) is 3.49. The van der Waals surface area contributed by atoms with E-state index < -0.39 is 18.1 Å². The second-order valence-corrected chi connectivity index (χ2v) is 6.35. The van der Waals surface area contributed by atoms with E-state index in [1.165, 1.54) is 12.1 Å². The summed E-state index contributed by atoms with van der Waals surface area (Å²) in [7, 11) is 1.33. The standard InChI is InChI=1S/C18H23N3O4/c1-25-18(24)15-10-6-12-20-11-5-9-14(17(23)21(15)20)19-16(22)13-7-3-2-4-8-13/h2-4,7-8,14-15H,5-6,9-12H2,1H3,(H,19,22). The van der Waals surface area contributed by atoms with E-state index in [9.17, 15) is 14.4 Å². The molecule has 2 aliphatic heterocycles. The Morgan fingerprint density at radius 3 is 2.48 bits per heavy atom. The van der Waals surface area contributed by atoms with Gasteiger partial charge >= 0.3 is 5.97 Å². The van der Waals surface area contributed by atoms with E-state index in [4.69, 9.17) is 4.74 Å². The lowest BCUT2D eigenvalue weighted by atomic mass is 10.1. The minimum atomic E-state index is -0.636. The number of carbonyl (C=O) groups is 3. The fourth-order valence-corrected chi connectivity index (χ4v) is 3.49. The number of nitrogens with zero attached hydrogens (tertiary/aromatic N) is 2. The van der Waals surface area contributed by atoms with E-state index in [-0.39, 0.29) is 11.8 Å². The molecule has 134 valence electrons. The van der Waals surface area contributed by atoms with Gasteiger partial charge in [0.2, 0.25) is 0 Å². The summed E-state index contributed by atoms with van der Waals surface area (Å²) in [6, 6.07) is 7.57. The zero-order chi connectivity index (χ0) is 17.8. The summed E-state index contributed by atoms with van der Waals surface area (Å²) in [6.45, 7) is 1.43. The molecule has 1 aromatic carbocycles. The summed E-state index contributed by atoms with van der Waals surface area (Å²) >= 11 is 0. The summed E-state index contributed by atoms with van der Waals surface area (Å²) in [5.41, 5.74) is 0.513. The summed E-state index contributed by atoms with van der Waals surface area (Å²) in [6.07, 6.45) is 2.74. The first-order valence-electron chi connectivity index (χ1n) is 8.63. The molecule has 2 saturated heterocycles. The maximum Gasteiger partial charge on any atom is 0.330 e. The van der Waals surface area contributed by atoms with Gasteiger partial charge in [-0.05, 0) is 37.8 Å². The van der Waals surface area contributed by atoms with Crippen molar-refractivity contribution in [3.8, 4) is 0 Å². The first-order valence-corrected chi connectivity index (χ1v) is 8.63. The molecular weight excluding hydrogens is 322 g/mol. The van der Waals surface area contributed by atoms with Gasteiger partial charge in [-0.25, -0.2) is 9.80 Å². The number of carbonyl (C=O) groups excluding carboxylic acids is 3. The van der Waals surface area contributed by atoms with Crippen LogP contribution in [0.3, 0.4) is 0 Å². The summed E-state index contributed by atoms with van der Waals surface area (Å²) in [5, 5.41) is 6.26. The minimum absolute atomic E-state index is 0.239. The average Bonchev–Trinajstić information content (AvgIpc) is 2.81. The van der Waals surface area contributed by atoms with Crippen molar-refractivity contribution in [3.05, 3.63) is 35.9 Å². The Bertz CT molecular complexity index is 649. The maximum atomic E-state index is 13.0. The summed E-state index contributed by atoms with van der Waals surface area (Å²) < 4.78 is 4.87. The molecule has 0 aliphatic carbocycles. The van der Waals surface area contributed by atoms with Gasteiger partial charge in [0.25, 0.3) is 11.8 Å². The van der Waals surface area contributed by atoms with Crippen LogP contribution in [0.1, 0.15) is 36.0 Å². The van der Waals surface area contributed by atoms with Crippen molar-refractivity contribution in [1.82, 2.24) is 15.3 Å². The molecule has 2 heterocycles. The Labute approximate surface area is 146 Å². The normalized spacial score (nSPS) is 24.2. The van der Waals surface area contributed by atoms with Crippen LogP contribution in [0.25, 0.3) is 0 Å². The number of rotatable bonds is 3. The second-order valence-electron chi connectivity index (χ2n) is 6.35. The third-order valence-electron chi connectivity index (χ3n) is 4.74.